The van der Waals surface area contributed by atoms with Gasteiger partial charge in [0.2, 0.25) is 5.95 Å². The maximum atomic E-state index is 5.78. The van der Waals surface area contributed by atoms with E-state index < -0.39 is 0 Å². The maximum absolute atomic E-state index is 5.78. The summed E-state index contributed by atoms with van der Waals surface area (Å²) >= 11 is 0. The highest BCUT2D eigenvalue weighted by atomic mass is 15.2. The van der Waals surface area contributed by atoms with Crippen molar-refractivity contribution in [1.82, 2.24) is 23.7 Å². The Labute approximate surface area is 650 Å². The molecule has 112 heavy (non-hydrogen) atoms. The lowest BCUT2D eigenvalue weighted by molar-refractivity contribution is 0.660. The van der Waals surface area contributed by atoms with E-state index in [2.05, 4.69) is 401 Å². The summed E-state index contributed by atoms with van der Waals surface area (Å²) in [5.41, 5.74) is 39.6. The first-order valence-electron chi connectivity index (χ1n) is 39.3. The minimum Gasteiger partial charge on any atom is -0.309 e. The van der Waals surface area contributed by atoms with Crippen molar-refractivity contribution in [3.05, 3.63) is 379 Å². The predicted molar refractivity (Wildman–Crippen MR) is 468 cm³/mol. The third-order valence-corrected chi connectivity index (χ3v) is 25.7. The summed E-state index contributed by atoms with van der Waals surface area (Å²) in [6.45, 7) is 14.1. The number of hydrogen-bond acceptors (Lipinski definition) is 2. The van der Waals surface area contributed by atoms with Gasteiger partial charge in [0.15, 0.2) is 0 Å². The van der Waals surface area contributed by atoms with Crippen molar-refractivity contribution in [2.75, 3.05) is 0 Å². The molecule has 5 nitrogen and oxygen atoms in total. The van der Waals surface area contributed by atoms with Crippen LogP contribution in [-0.2, 0) is 16.2 Å². The molecule has 23 rings (SSSR count). The van der Waals surface area contributed by atoms with Gasteiger partial charge in [0.05, 0.1) is 44.3 Å². The minimum atomic E-state index is -0.0676. The van der Waals surface area contributed by atoms with Crippen LogP contribution in [0.25, 0.3) is 194 Å². The Kier molecular flexibility index (Phi) is 13.6. The van der Waals surface area contributed by atoms with Crippen molar-refractivity contribution < 1.29 is 0 Å². The smallest absolute Gasteiger partial charge is 0.235 e. The number of benzene rings is 16. The van der Waals surface area contributed by atoms with Crippen LogP contribution in [0, 0.1) is 0 Å². The molecule has 4 aromatic heterocycles. The van der Waals surface area contributed by atoms with Crippen LogP contribution in [0.2, 0.25) is 0 Å². The van der Waals surface area contributed by atoms with Crippen LogP contribution in [0.5, 0.6) is 0 Å². The summed E-state index contributed by atoms with van der Waals surface area (Å²) in [7, 11) is 0. The van der Waals surface area contributed by atoms with Gasteiger partial charge in [0, 0.05) is 70.9 Å². The molecule has 3 aliphatic carbocycles. The van der Waals surface area contributed by atoms with E-state index in [4.69, 9.17) is 9.97 Å². The quantitative estimate of drug-likeness (QED) is 0.144. The Morgan fingerprint density at radius 3 is 0.911 bits per heavy atom. The summed E-state index contributed by atoms with van der Waals surface area (Å²) in [5.74, 6) is 0.618. The van der Waals surface area contributed by atoms with Crippen molar-refractivity contribution in [1.29, 1.82) is 0 Å². The largest absolute Gasteiger partial charge is 0.309 e. The standard InChI is InChI=1S/C107H75N5/c1-105(2)90-25-13-7-19-77(90)83-57-69(41-50-93(83)105)72-44-54-100-86(60-72)80-22-10-16-28-97(80)110(100)75-47-39-67(40-48-75)65-33-31-64(32-34-65)66-35-37-68(38-36-66)103-89-63-76(111-98-29-17-11-23-81(98)87-61-73(45-55-101(87)111)70-42-51-94-84(58-70)78-20-8-14-26-91(78)106(94,3)4)49-53-96(89)108-104(109-103)112-99-30-18-12-24-82(99)88-62-74(46-56-102(88)112)71-43-52-95-85(59-71)79-21-9-15-27-92(79)107(95,5)6/h7-63H,1-6H3. The first-order chi connectivity index (χ1) is 54.8. The molecule has 0 saturated carbocycles. The lowest BCUT2D eigenvalue weighted by Crippen LogP contribution is -2.14. The van der Waals surface area contributed by atoms with Gasteiger partial charge in [-0.05, 0) is 226 Å². The highest BCUT2D eigenvalue weighted by molar-refractivity contribution is 6.14. The van der Waals surface area contributed by atoms with Crippen molar-refractivity contribution >= 4 is 76.3 Å². The maximum Gasteiger partial charge on any atom is 0.235 e. The summed E-state index contributed by atoms with van der Waals surface area (Å²) in [6, 6.07) is 129. The van der Waals surface area contributed by atoms with Crippen LogP contribution >= 0.6 is 0 Å². The first kappa shape index (κ1) is 64.3. The second kappa shape index (κ2) is 23.6. The molecule has 0 fully saturated rings. The fraction of sp³-hybridized carbons (Fsp3) is 0.0841. The molecule has 0 unspecified atom stereocenters. The van der Waals surface area contributed by atoms with Gasteiger partial charge in [0.25, 0.3) is 0 Å². The Bertz CT molecular complexity index is 7440. The van der Waals surface area contributed by atoms with Gasteiger partial charge in [0.1, 0.15) is 0 Å². The molecule has 16 aromatic carbocycles. The Balaban J connectivity index is 0.605. The second-order valence-corrected chi connectivity index (χ2v) is 32.8. The Morgan fingerprint density at radius 2 is 0.491 bits per heavy atom. The van der Waals surface area contributed by atoms with Gasteiger partial charge >= 0.3 is 0 Å². The molecular weight excluding hydrogens is 1360 g/mol. The molecule has 0 radical (unpaired) electrons. The first-order valence-corrected chi connectivity index (χ1v) is 39.3. The number of aromatic nitrogens is 5. The minimum absolute atomic E-state index is 0.0290. The zero-order valence-electron chi connectivity index (χ0n) is 63.1. The van der Waals surface area contributed by atoms with Crippen molar-refractivity contribution in [2.45, 2.75) is 57.8 Å². The van der Waals surface area contributed by atoms with Crippen LogP contribution in [0.4, 0.5) is 0 Å². The number of para-hydroxylation sites is 3. The SMILES string of the molecule is CC1(C)c2ccccc2-c2cc(-c3ccc4c(c3)c3ccccc3n4-c3ccc(-c4ccc(-c5ccc(-c6nc(-n7c8ccccc8c8cc(-c9ccc%10c(c9)-c9ccccc9C%10(C)C)ccc87)nc7ccc(-n8c9ccccc9c9cc(-c%10ccc%11c(c%10)-c%10ccccc%10C%11(C)C)ccc98)cc67)cc5)cc4)cc3)ccc21. The van der Waals surface area contributed by atoms with E-state index in [0.717, 1.165) is 88.6 Å². The lowest BCUT2D eigenvalue weighted by atomic mass is 9.82. The van der Waals surface area contributed by atoms with Gasteiger partial charge in [-0.15, -0.1) is 0 Å². The van der Waals surface area contributed by atoms with Gasteiger partial charge in [-0.1, -0.05) is 284 Å². The van der Waals surface area contributed by atoms with E-state index in [1.54, 1.807) is 0 Å². The van der Waals surface area contributed by atoms with E-state index in [1.807, 2.05) is 0 Å². The van der Waals surface area contributed by atoms with Crippen LogP contribution in [0.15, 0.2) is 346 Å². The fourth-order valence-corrected chi connectivity index (χ4v) is 20.0. The van der Waals surface area contributed by atoms with Gasteiger partial charge in [-0.2, -0.15) is 0 Å². The second-order valence-electron chi connectivity index (χ2n) is 32.8. The number of rotatable bonds is 9. The molecular formula is C107H75N5. The number of fused-ring (bicyclic) bond motifs is 19. The fourth-order valence-electron chi connectivity index (χ4n) is 20.0. The van der Waals surface area contributed by atoms with Crippen molar-refractivity contribution in [3.63, 3.8) is 0 Å². The van der Waals surface area contributed by atoms with E-state index in [0.29, 0.717) is 5.95 Å². The van der Waals surface area contributed by atoms with E-state index in [-0.39, 0.29) is 16.2 Å². The molecule has 0 amide bonds. The normalized spacial score (nSPS) is 14.0. The molecule has 5 heteroatoms. The number of nitrogens with zero attached hydrogens (tertiary/aromatic N) is 5. The van der Waals surface area contributed by atoms with Crippen LogP contribution < -0.4 is 0 Å². The van der Waals surface area contributed by atoms with E-state index >= 15 is 0 Å². The lowest BCUT2D eigenvalue weighted by Gasteiger charge is -2.21. The Hall–Kier alpha value is -13.7. The zero-order chi connectivity index (χ0) is 74.6. The number of hydrogen-bond donors (Lipinski definition) is 0. The average Bonchev–Trinajstić information content (AvgIpc) is 1.57. The average molecular weight is 1430 g/mol. The Morgan fingerprint density at radius 1 is 0.196 bits per heavy atom. The summed E-state index contributed by atoms with van der Waals surface area (Å²) in [6.07, 6.45) is 0. The highest BCUT2D eigenvalue weighted by Gasteiger charge is 2.38. The third kappa shape index (κ3) is 9.37. The molecule has 0 aliphatic heterocycles. The summed E-state index contributed by atoms with van der Waals surface area (Å²) < 4.78 is 7.12. The monoisotopic (exact) mass is 1430 g/mol. The zero-order valence-corrected chi connectivity index (χ0v) is 63.1. The molecule has 4 heterocycles. The van der Waals surface area contributed by atoms with Gasteiger partial charge in [-0.25, -0.2) is 9.97 Å². The van der Waals surface area contributed by atoms with E-state index in [1.165, 1.54) is 133 Å². The molecule has 0 saturated heterocycles. The van der Waals surface area contributed by atoms with E-state index in [9.17, 15) is 0 Å². The van der Waals surface area contributed by atoms with Gasteiger partial charge < -0.3 is 9.13 Å². The molecule has 3 aliphatic rings. The molecule has 0 atom stereocenters. The predicted octanol–water partition coefficient (Wildman–Crippen LogP) is 27.8. The topological polar surface area (TPSA) is 40.6 Å². The van der Waals surface area contributed by atoms with Crippen molar-refractivity contribution in [2.24, 2.45) is 0 Å². The van der Waals surface area contributed by atoms with Crippen LogP contribution in [0.3, 0.4) is 0 Å². The molecule has 20 aromatic rings. The third-order valence-electron chi connectivity index (χ3n) is 25.7. The van der Waals surface area contributed by atoms with Crippen molar-refractivity contribution in [3.8, 4) is 118 Å². The molecule has 528 valence electrons. The molecule has 0 spiro atoms. The summed E-state index contributed by atoms with van der Waals surface area (Å²) in [4.78, 5) is 11.4. The van der Waals surface area contributed by atoms with Crippen LogP contribution in [0.1, 0.15) is 74.9 Å². The van der Waals surface area contributed by atoms with Gasteiger partial charge in [-0.3, -0.25) is 4.57 Å². The van der Waals surface area contributed by atoms with Crippen LogP contribution in [-0.4, -0.2) is 23.7 Å². The molecule has 0 bridgehead atoms. The molecule has 0 N–H and O–H groups in total. The summed E-state index contributed by atoms with van der Waals surface area (Å²) in [5, 5.41) is 8.16. The highest BCUT2D eigenvalue weighted by Crippen LogP contribution is 2.54.